The van der Waals surface area contributed by atoms with E-state index < -0.39 is 22.7 Å². The van der Waals surface area contributed by atoms with Crippen molar-refractivity contribution in [1.29, 1.82) is 0 Å². The van der Waals surface area contributed by atoms with Crippen LogP contribution in [0.5, 0.6) is 0 Å². The number of carboxylic acid groups (broad SMARTS) is 4. The molecule has 0 saturated carbocycles. The fraction of sp³-hybridized carbons (Fsp3) is 0.923. The van der Waals surface area contributed by atoms with Crippen LogP contribution < -0.4 is 0 Å². The highest BCUT2D eigenvalue weighted by Crippen LogP contribution is 1.76. The number of rotatable bonds is 0. The molecule has 6 N–H and O–H groups in total. The summed E-state index contributed by atoms with van der Waals surface area (Å²) >= 11 is 0. The van der Waals surface area contributed by atoms with Crippen LogP contribution in [-0.4, -0.2) is 246 Å². The van der Waals surface area contributed by atoms with E-state index in [4.69, 9.17) is 47.5 Å². The SMILES string of the molecule is Br.C[N+](C)(C)C.C[N+](C)(C)C.C[N+](C)(C)C.C[N+](C)(C)C.C[N+](C)(C)C.C[N+](C)(C)C.Cl.I.O=C(O)O.O=C(O)O.O=S(=O)(O)O. The molecule has 296 valence electrons. The zero-order valence-corrected chi connectivity index (χ0v) is 39.3. The highest BCUT2D eigenvalue weighted by atomic mass is 127. The van der Waals surface area contributed by atoms with Gasteiger partial charge in [0.05, 0.1) is 169 Å². The second-order valence-electron chi connectivity index (χ2n) is 17.1. The van der Waals surface area contributed by atoms with Crippen LogP contribution in [0, 0.1) is 0 Å². The molecule has 20 heteroatoms. The Kier molecular flexibility index (Phi) is 65.5. The number of carbonyl (C=O) groups is 2. The lowest BCUT2D eigenvalue weighted by atomic mass is 10.8. The predicted molar refractivity (Wildman–Crippen MR) is 212 cm³/mol. The topological polar surface area (TPSA) is 190 Å². The van der Waals surface area contributed by atoms with Crippen LogP contribution in [0.1, 0.15) is 0 Å². The molecule has 0 rings (SSSR count). The summed E-state index contributed by atoms with van der Waals surface area (Å²) in [6.45, 7) is 0. The second kappa shape index (κ2) is 37.5. The Labute approximate surface area is 318 Å². The van der Waals surface area contributed by atoms with E-state index in [0.29, 0.717) is 0 Å². The largest absolute Gasteiger partial charge is 0.503 e. The molecule has 0 spiro atoms. The molecule has 0 atom stereocenters. The average molecular weight is 912 g/mol. The lowest BCUT2D eigenvalue weighted by Crippen LogP contribution is -2.27. The number of nitrogens with zero attached hydrogens (tertiary/aromatic N) is 6. The van der Waals surface area contributed by atoms with Crippen LogP contribution in [0.15, 0.2) is 0 Å². The molecule has 0 aromatic rings. The Hall–Kier alpha value is -0.330. The van der Waals surface area contributed by atoms with Gasteiger partial charge in [-0.05, 0) is 0 Å². The third-order valence-electron chi connectivity index (χ3n) is 0. The summed E-state index contributed by atoms with van der Waals surface area (Å²) in [6, 6.07) is 0. The highest BCUT2D eigenvalue weighted by molar-refractivity contribution is 14.0. The lowest BCUT2D eigenvalue weighted by molar-refractivity contribution is -0.849. The molecule has 0 unspecified atom stereocenters. The van der Waals surface area contributed by atoms with E-state index in [-0.39, 0.29) is 53.4 Å². The van der Waals surface area contributed by atoms with Crippen molar-refractivity contribution in [2.24, 2.45) is 0 Å². The fourth-order valence-corrected chi connectivity index (χ4v) is 0. The first-order valence-corrected chi connectivity index (χ1v) is 14.1. The summed E-state index contributed by atoms with van der Waals surface area (Å²) in [7, 11) is 46.3. The maximum Gasteiger partial charge on any atom is 0.503 e. The molecular weight excluding hydrogens is 831 g/mol. The van der Waals surface area contributed by atoms with Crippen LogP contribution in [0.4, 0.5) is 9.59 Å². The van der Waals surface area contributed by atoms with E-state index in [1.165, 1.54) is 0 Å². The molecule has 0 saturated heterocycles. The monoisotopic (exact) mass is 910 g/mol. The van der Waals surface area contributed by atoms with Crippen molar-refractivity contribution in [3.63, 3.8) is 0 Å². The maximum atomic E-state index is 8.74. The summed E-state index contributed by atoms with van der Waals surface area (Å²) in [6.07, 6.45) is -3.67. The number of quaternary nitrogens is 6. The Morgan fingerprint density at radius 1 is 0.370 bits per heavy atom. The normalized spacial score (nSPS) is 10.1. The standard InChI is InChI=1S/6C4H12N.2CH2O3.BrH.ClH.HI.H2O4S/c6*1-5(2,3)4;2*2-1(3)4;;;;1-5(2,3)4/h6*1-4H3;2*(H2,2,3,4);3*1H;(H2,1,2,3,4)/q6*+1;;;;;;. The minimum atomic E-state index is -4.67. The van der Waals surface area contributed by atoms with E-state index in [0.717, 1.165) is 26.9 Å². The molecule has 46 heavy (non-hydrogen) atoms. The minimum absolute atomic E-state index is 0. The smallest absolute Gasteiger partial charge is 0.450 e. The van der Waals surface area contributed by atoms with Crippen LogP contribution in [0.3, 0.4) is 0 Å². The van der Waals surface area contributed by atoms with Gasteiger partial charge in [0.25, 0.3) is 0 Å². The number of halogens is 3. The number of hydrogen-bond acceptors (Lipinski definition) is 4. The predicted octanol–water partition coefficient (Wildman–Crippen LogP) is 3.34. The molecule has 0 aliphatic rings. The molecule has 0 heterocycles. The fourth-order valence-electron chi connectivity index (χ4n) is 0. The third-order valence-corrected chi connectivity index (χ3v) is 0. The van der Waals surface area contributed by atoms with Crippen molar-refractivity contribution >= 4 is 76.1 Å². The van der Waals surface area contributed by atoms with Gasteiger partial charge < -0.3 is 47.3 Å². The maximum absolute atomic E-state index is 8.74. The Bertz CT molecular complexity index is 588. The van der Waals surface area contributed by atoms with Gasteiger partial charge in [-0.25, -0.2) is 9.59 Å². The first-order valence-electron chi connectivity index (χ1n) is 12.7. The van der Waals surface area contributed by atoms with Crippen molar-refractivity contribution in [2.45, 2.75) is 0 Å². The van der Waals surface area contributed by atoms with E-state index in [1.807, 2.05) is 0 Å². The zero-order chi connectivity index (χ0) is 38.7. The van der Waals surface area contributed by atoms with Crippen LogP contribution in [-0.2, 0) is 10.4 Å². The van der Waals surface area contributed by atoms with Gasteiger partial charge in [0.2, 0.25) is 0 Å². The van der Waals surface area contributed by atoms with Crippen LogP contribution in [0.2, 0.25) is 0 Å². The van der Waals surface area contributed by atoms with E-state index >= 15 is 0 Å². The highest BCUT2D eigenvalue weighted by Gasteiger charge is 1.90. The average Bonchev–Trinajstić information content (AvgIpc) is 2.29. The Balaban J connectivity index is -0.0000000281. The van der Waals surface area contributed by atoms with Gasteiger partial charge in [0, 0.05) is 0 Å². The van der Waals surface area contributed by atoms with Gasteiger partial charge in [-0.2, -0.15) is 8.42 Å². The van der Waals surface area contributed by atoms with Crippen molar-refractivity contribution in [3.05, 3.63) is 0 Å². The first kappa shape index (κ1) is 80.4. The second-order valence-corrected chi connectivity index (χ2v) is 18.0. The molecule has 0 fully saturated rings. The summed E-state index contributed by atoms with van der Waals surface area (Å²) in [5.74, 6) is 0. The lowest BCUT2D eigenvalue weighted by Gasteiger charge is -2.14. The third kappa shape index (κ3) is 730000. The quantitative estimate of drug-likeness (QED) is 0.120. The van der Waals surface area contributed by atoms with Crippen molar-refractivity contribution in [2.75, 3.05) is 169 Å². The molecule has 0 bridgehead atoms. The van der Waals surface area contributed by atoms with Crippen LogP contribution >= 0.6 is 53.4 Å². The molecule has 0 radical (unpaired) electrons. The Morgan fingerprint density at radius 3 is 0.370 bits per heavy atom. The Morgan fingerprint density at radius 2 is 0.370 bits per heavy atom. The molecule has 0 aromatic carbocycles. The summed E-state index contributed by atoms with van der Waals surface area (Å²) in [4.78, 5) is 17.1. The van der Waals surface area contributed by atoms with Crippen molar-refractivity contribution in [3.8, 4) is 0 Å². The summed E-state index contributed by atoms with van der Waals surface area (Å²) < 4.78 is 37.6. The van der Waals surface area contributed by atoms with Gasteiger partial charge in [0.15, 0.2) is 0 Å². The van der Waals surface area contributed by atoms with Gasteiger partial charge in [-0.15, -0.1) is 53.4 Å². The van der Waals surface area contributed by atoms with E-state index in [1.54, 1.807) is 0 Å². The zero-order valence-electron chi connectivity index (χ0n) is 33.6. The van der Waals surface area contributed by atoms with Crippen molar-refractivity contribution < 1.29 is 74.4 Å². The number of hydrogen-bond donors (Lipinski definition) is 6. The summed E-state index contributed by atoms with van der Waals surface area (Å²) in [5.41, 5.74) is 0. The molecule has 16 nitrogen and oxygen atoms in total. The first-order chi connectivity index (χ1) is 17.5. The molecule has 0 aliphatic carbocycles. The van der Waals surface area contributed by atoms with Gasteiger partial charge in [-0.1, -0.05) is 0 Å². The van der Waals surface area contributed by atoms with Crippen LogP contribution in [0.25, 0.3) is 0 Å². The molecular formula is C26H81BrClIN6O10S+6. The summed E-state index contributed by atoms with van der Waals surface area (Å²) in [5, 5.41) is 27.9. The molecule has 0 amide bonds. The van der Waals surface area contributed by atoms with E-state index in [9.17, 15) is 0 Å². The van der Waals surface area contributed by atoms with Gasteiger partial charge in [0.1, 0.15) is 0 Å². The van der Waals surface area contributed by atoms with Gasteiger partial charge >= 0.3 is 22.7 Å². The minimum Gasteiger partial charge on any atom is -0.450 e. The molecule has 0 aromatic heterocycles. The van der Waals surface area contributed by atoms with E-state index in [2.05, 4.69) is 169 Å². The molecule has 0 aliphatic heterocycles. The van der Waals surface area contributed by atoms with Gasteiger partial charge in [-0.3, -0.25) is 9.11 Å². The van der Waals surface area contributed by atoms with Crippen molar-refractivity contribution in [1.82, 2.24) is 0 Å².